The van der Waals surface area contributed by atoms with Crippen molar-refractivity contribution in [2.24, 2.45) is 14.1 Å². The first-order chi connectivity index (χ1) is 11.0. The first-order valence-electron chi connectivity index (χ1n) is 8.19. The lowest BCUT2D eigenvalue weighted by Gasteiger charge is -2.41. The van der Waals surface area contributed by atoms with E-state index in [-0.39, 0.29) is 11.2 Å². The van der Waals surface area contributed by atoms with E-state index in [0.29, 0.717) is 12.6 Å². The zero-order valence-corrected chi connectivity index (χ0v) is 14.6. The van der Waals surface area contributed by atoms with Crippen molar-refractivity contribution in [1.82, 2.24) is 18.9 Å². The highest BCUT2D eigenvalue weighted by Gasteiger charge is 2.25. The van der Waals surface area contributed by atoms with Gasteiger partial charge in [-0.25, -0.2) is 4.79 Å². The van der Waals surface area contributed by atoms with Crippen molar-refractivity contribution in [3.8, 4) is 0 Å². The summed E-state index contributed by atoms with van der Waals surface area (Å²) < 4.78 is 7.89. The fourth-order valence-corrected chi connectivity index (χ4v) is 3.15. The molecule has 7 nitrogen and oxygen atoms in total. The zero-order chi connectivity index (χ0) is 17.0. The molecule has 1 aliphatic rings. The summed E-state index contributed by atoms with van der Waals surface area (Å²) in [5, 5.41) is 0. The van der Waals surface area contributed by atoms with Crippen LogP contribution in [0, 0.1) is 0 Å². The van der Waals surface area contributed by atoms with Crippen LogP contribution < -0.4 is 11.2 Å². The highest BCUT2D eigenvalue weighted by molar-refractivity contribution is 5.02. The van der Waals surface area contributed by atoms with Gasteiger partial charge in [0.05, 0.1) is 6.61 Å². The Labute approximate surface area is 137 Å². The van der Waals surface area contributed by atoms with Gasteiger partial charge in [-0.05, 0) is 6.42 Å². The molecule has 7 heteroatoms. The summed E-state index contributed by atoms with van der Waals surface area (Å²) >= 11 is 0. The summed E-state index contributed by atoms with van der Waals surface area (Å²) in [6, 6.07) is 2.06. The van der Waals surface area contributed by atoms with E-state index < -0.39 is 0 Å². The second kappa shape index (κ2) is 7.90. The lowest BCUT2D eigenvalue weighted by atomic mass is 10.1. The Kier molecular flexibility index (Phi) is 6.15. The minimum atomic E-state index is -0.265. The summed E-state index contributed by atoms with van der Waals surface area (Å²) in [6.45, 7) is 7.40. The molecule has 1 saturated heterocycles. The number of ether oxygens (including phenoxy) is 1. The third kappa shape index (κ3) is 4.10. The molecule has 0 spiro atoms. The number of methoxy groups -OCH3 is 1. The lowest BCUT2D eigenvalue weighted by Crippen LogP contribution is -2.53. The van der Waals surface area contributed by atoms with Crippen LogP contribution in [0.15, 0.2) is 15.7 Å². The van der Waals surface area contributed by atoms with E-state index in [4.69, 9.17) is 4.74 Å². The average Bonchev–Trinajstić information content (AvgIpc) is 2.56. The highest BCUT2D eigenvalue weighted by Crippen LogP contribution is 2.14. The molecule has 1 aliphatic heterocycles. The molecule has 0 saturated carbocycles. The van der Waals surface area contributed by atoms with Gasteiger partial charge in [0.15, 0.2) is 0 Å². The normalized spacial score (nSPS) is 20.1. The molecule has 0 aliphatic carbocycles. The third-order valence-corrected chi connectivity index (χ3v) is 4.75. The van der Waals surface area contributed by atoms with Crippen molar-refractivity contribution in [3.63, 3.8) is 0 Å². The van der Waals surface area contributed by atoms with Gasteiger partial charge in [-0.3, -0.25) is 23.7 Å². The van der Waals surface area contributed by atoms with E-state index >= 15 is 0 Å². The molecule has 1 aromatic rings. The molecule has 1 unspecified atom stereocenters. The predicted molar refractivity (Wildman–Crippen MR) is 89.7 cm³/mol. The number of rotatable bonds is 6. The Balaban J connectivity index is 2.08. The summed E-state index contributed by atoms with van der Waals surface area (Å²) in [4.78, 5) is 28.7. The third-order valence-electron chi connectivity index (χ3n) is 4.75. The molecule has 0 bridgehead atoms. The maximum Gasteiger partial charge on any atom is 0.330 e. The van der Waals surface area contributed by atoms with Gasteiger partial charge >= 0.3 is 5.69 Å². The number of hydrogen-bond donors (Lipinski definition) is 0. The molecule has 1 fully saturated rings. The minimum Gasteiger partial charge on any atom is -0.383 e. The second-order valence-electron chi connectivity index (χ2n) is 6.20. The van der Waals surface area contributed by atoms with Gasteiger partial charge < -0.3 is 4.74 Å². The standard InChI is InChI=1S/C16H28N4O3/c1-5-13-11-19(6-7-20(13)8-9-23-4)12-14-10-15(21)18(3)16(22)17(14)2/h10,13H,5-9,11-12H2,1-4H3. The Hall–Kier alpha value is -1.44. The minimum absolute atomic E-state index is 0.242. The molecule has 0 N–H and O–H groups in total. The van der Waals surface area contributed by atoms with Crippen LogP contribution in [0.25, 0.3) is 0 Å². The van der Waals surface area contributed by atoms with Crippen molar-refractivity contribution in [2.75, 3.05) is 39.9 Å². The van der Waals surface area contributed by atoms with E-state index in [2.05, 4.69) is 16.7 Å². The fraction of sp³-hybridized carbons (Fsp3) is 0.750. The summed E-state index contributed by atoms with van der Waals surface area (Å²) in [6.07, 6.45) is 1.08. The van der Waals surface area contributed by atoms with Crippen LogP contribution in [0.5, 0.6) is 0 Å². The number of aromatic nitrogens is 2. The number of nitrogens with zero attached hydrogens (tertiary/aromatic N) is 4. The van der Waals surface area contributed by atoms with Crippen molar-refractivity contribution in [2.45, 2.75) is 25.9 Å². The van der Waals surface area contributed by atoms with Crippen molar-refractivity contribution >= 4 is 0 Å². The largest absolute Gasteiger partial charge is 0.383 e. The van der Waals surface area contributed by atoms with Crippen LogP contribution in [0.1, 0.15) is 19.0 Å². The van der Waals surface area contributed by atoms with E-state index in [1.807, 2.05) is 0 Å². The van der Waals surface area contributed by atoms with Crippen LogP contribution in [0.2, 0.25) is 0 Å². The first kappa shape index (κ1) is 17.9. The Morgan fingerprint density at radius 2 is 1.96 bits per heavy atom. The molecule has 1 atom stereocenters. The van der Waals surface area contributed by atoms with E-state index in [1.54, 1.807) is 24.8 Å². The molecular formula is C16H28N4O3. The maximum atomic E-state index is 12.0. The van der Waals surface area contributed by atoms with Crippen LogP contribution in [0.3, 0.4) is 0 Å². The van der Waals surface area contributed by atoms with Crippen molar-refractivity contribution < 1.29 is 4.74 Å². The second-order valence-corrected chi connectivity index (χ2v) is 6.20. The first-order valence-corrected chi connectivity index (χ1v) is 8.19. The summed E-state index contributed by atoms with van der Waals surface area (Å²) in [5.41, 5.74) is 0.269. The van der Waals surface area contributed by atoms with Crippen LogP contribution in [-0.2, 0) is 25.4 Å². The molecule has 0 amide bonds. The van der Waals surface area contributed by atoms with Gasteiger partial charge in [0.25, 0.3) is 5.56 Å². The van der Waals surface area contributed by atoms with Crippen LogP contribution >= 0.6 is 0 Å². The van der Waals surface area contributed by atoms with Gasteiger partial charge in [-0.15, -0.1) is 0 Å². The topological polar surface area (TPSA) is 59.7 Å². The number of hydrogen-bond acceptors (Lipinski definition) is 5. The van der Waals surface area contributed by atoms with Gasteiger partial charge in [0.1, 0.15) is 0 Å². The van der Waals surface area contributed by atoms with Gasteiger partial charge in [0, 0.05) is 71.7 Å². The molecule has 23 heavy (non-hydrogen) atoms. The molecule has 2 rings (SSSR count). The van der Waals surface area contributed by atoms with Crippen molar-refractivity contribution in [3.05, 3.63) is 32.6 Å². The van der Waals surface area contributed by atoms with Crippen molar-refractivity contribution in [1.29, 1.82) is 0 Å². The maximum absolute atomic E-state index is 12.0. The Morgan fingerprint density at radius 3 is 2.61 bits per heavy atom. The Morgan fingerprint density at radius 1 is 1.22 bits per heavy atom. The quantitative estimate of drug-likeness (QED) is 0.714. The van der Waals surface area contributed by atoms with E-state index in [0.717, 1.165) is 49.5 Å². The number of piperazine rings is 1. The van der Waals surface area contributed by atoms with E-state index in [1.165, 1.54) is 7.05 Å². The molecule has 2 heterocycles. The predicted octanol–water partition coefficient (Wildman–Crippen LogP) is -0.373. The summed E-state index contributed by atoms with van der Waals surface area (Å²) in [5.74, 6) is 0. The molecule has 0 aromatic carbocycles. The highest BCUT2D eigenvalue weighted by atomic mass is 16.5. The SMILES string of the molecule is CCC1CN(Cc2cc(=O)n(C)c(=O)n2C)CCN1CCOC. The van der Waals surface area contributed by atoms with Gasteiger partial charge in [-0.2, -0.15) is 0 Å². The molecule has 130 valence electrons. The van der Waals surface area contributed by atoms with E-state index in [9.17, 15) is 9.59 Å². The van der Waals surface area contributed by atoms with Crippen LogP contribution in [-0.4, -0.2) is 64.9 Å². The fourth-order valence-electron chi connectivity index (χ4n) is 3.15. The van der Waals surface area contributed by atoms with Crippen LogP contribution in [0.4, 0.5) is 0 Å². The Bertz CT molecular complexity index is 637. The molecule has 0 radical (unpaired) electrons. The summed E-state index contributed by atoms with van der Waals surface area (Å²) in [7, 11) is 4.97. The monoisotopic (exact) mass is 324 g/mol. The average molecular weight is 324 g/mol. The molecular weight excluding hydrogens is 296 g/mol. The molecule has 1 aromatic heterocycles. The zero-order valence-electron chi connectivity index (χ0n) is 14.6. The van der Waals surface area contributed by atoms with Gasteiger partial charge in [-0.1, -0.05) is 6.92 Å². The smallest absolute Gasteiger partial charge is 0.330 e. The lowest BCUT2D eigenvalue weighted by molar-refractivity contribution is 0.0455. The van der Waals surface area contributed by atoms with Gasteiger partial charge in [0.2, 0.25) is 0 Å².